The Labute approximate surface area is 234 Å². The van der Waals surface area contributed by atoms with Gasteiger partial charge in [-0.15, -0.1) is 0 Å². The number of thioether (sulfide) groups is 1. The first-order valence-electron chi connectivity index (χ1n) is 12.8. The molecule has 0 saturated carbocycles. The van der Waals surface area contributed by atoms with E-state index in [4.69, 9.17) is 4.74 Å². The standard InChI is InChI=1S/C28H28N4O5S2/c1-29(2)18-10-8-17(9-11-18)21-22-23(26(35)32(25(22)34)19-6-4-3-5-7-19)38-27-24(21)39-28(36)31(27)16-20(33)30-12-14-37-15-13-30/h3-11,21-23H,12-16H2,1-2H3. The number of aromatic nitrogens is 1. The molecule has 6 rings (SSSR count). The van der Waals surface area contributed by atoms with Gasteiger partial charge in [0.05, 0.1) is 29.8 Å². The van der Waals surface area contributed by atoms with Crippen molar-refractivity contribution >= 4 is 52.2 Å². The molecule has 0 N–H and O–H groups in total. The summed E-state index contributed by atoms with van der Waals surface area (Å²) in [5.41, 5.74) is 2.40. The largest absolute Gasteiger partial charge is 0.378 e. The van der Waals surface area contributed by atoms with Crippen LogP contribution >= 0.6 is 23.1 Å². The second-order valence-corrected chi connectivity index (χ2v) is 12.1. The van der Waals surface area contributed by atoms with Gasteiger partial charge in [-0.1, -0.05) is 53.4 Å². The average molecular weight is 565 g/mol. The van der Waals surface area contributed by atoms with E-state index in [1.807, 2.05) is 49.3 Å². The maximum Gasteiger partial charge on any atom is 0.308 e. The molecule has 0 radical (unpaired) electrons. The van der Waals surface area contributed by atoms with Crippen LogP contribution < -0.4 is 14.7 Å². The highest BCUT2D eigenvalue weighted by molar-refractivity contribution is 8.00. The molecule has 3 aromatic rings. The SMILES string of the molecule is CN(C)c1ccc(C2c3sc(=O)n(CC(=O)N4CCOCC4)c3SC3C(=O)N(c4ccccc4)C(=O)C32)cc1. The Morgan fingerprint density at radius 3 is 2.33 bits per heavy atom. The Morgan fingerprint density at radius 2 is 1.67 bits per heavy atom. The van der Waals surface area contributed by atoms with Gasteiger partial charge in [0.2, 0.25) is 17.7 Å². The van der Waals surface area contributed by atoms with Crippen molar-refractivity contribution in [3.63, 3.8) is 0 Å². The number of carbonyl (C=O) groups is 3. The fourth-order valence-electron chi connectivity index (χ4n) is 5.47. The van der Waals surface area contributed by atoms with Crippen LogP contribution in [0, 0.1) is 5.92 Å². The number of hydrogen-bond acceptors (Lipinski definition) is 8. The molecule has 2 fully saturated rings. The average Bonchev–Trinajstić information content (AvgIpc) is 3.40. The van der Waals surface area contributed by atoms with Crippen LogP contribution in [0.5, 0.6) is 0 Å². The smallest absolute Gasteiger partial charge is 0.308 e. The maximum atomic E-state index is 13.9. The first-order chi connectivity index (χ1) is 18.8. The van der Waals surface area contributed by atoms with Crippen molar-refractivity contribution in [3.05, 3.63) is 74.7 Å². The number of benzene rings is 2. The minimum absolute atomic E-state index is 0.105. The number of thiazole rings is 1. The Kier molecular flexibility index (Phi) is 6.82. The minimum atomic E-state index is -0.706. The lowest BCUT2D eigenvalue weighted by Crippen LogP contribution is -2.43. The molecular formula is C28H28N4O5S2. The van der Waals surface area contributed by atoms with Crippen molar-refractivity contribution in [3.8, 4) is 0 Å². The lowest BCUT2D eigenvalue weighted by atomic mass is 9.83. The fourth-order valence-corrected chi connectivity index (χ4v) is 8.25. The summed E-state index contributed by atoms with van der Waals surface area (Å²) in [7, 11) is 3.91. The zero-order chi connectivity index (χ0) is 27.3. The Balaban J connectivity index is 1.44. The molecular weight excluding hydrogens is 536 g/mol. The summed E-state index contributed by atoms with van der Waals surface area (Å²) < 4.78 is 6.85. The molecule has 9 nitrogen and oxygen atoms in total. The van der Waals surface area contributed by atoms with Crippen molar-refractivity contribution in [2.75, 3.05) is 50.2 Å². The molecule has 11 heteroatoms. The molecule has 2 saturated heterocycles. The highest BCUT2D eigenvalue weighted by Crippen LogP contribution is 2.54. The molecule has 4 heterocycles. The molecule has 3 atom stereocenters. The van der Waals surface area contributed by atoms with E-state index >= 15 is 0 Å². The van der Waals surface area contributed by atoms with Gasteiger partial charge >= 0.3 is 4.87 Å². The monoisotopic (exact) mass is 564 g/mol. The van der Waals surface area contributed by atoms with E-state index in [0.717, 1.165) is 27.5 Å². The van der Waals surface area contributed by atoms with Crippen LogP contribution in [0.15, 0.2) is 64.4 Å². The van der Waals surface area contributed by atoms with Gasteiger partial charge in [-0.3, -0.25) is 23.7 Å². The third-order valence-electron chi connectivity index (χ3n) is 7.49. The number of hydrogen-bond donors (Lipinski definition) is 0. The summed E-state index contributed by atoms with van der Waals surface area (Å²) in [5, 5.41) is -0.104. The van der Waals surface area contributed by atoms with E-state index < -0.39 is 17.1 Å². The van der Waals surface area contributed by atoms with Gasteiger partial charge in [-0.05, 0) is 29.8 Å². The summed E-state index contributed by atoms with van der Waals surface area (Å²) in [5.74, 6) is -1.87. The molecule has 3 amide bonds. The number of carbonyl (C=O) groups excluding carboxylic acids is 3. The number of imide groups is 1. The summed E-state index contributed by atoms with van der Waals surface area (Å²) in [6, 6.07) is 16.8. The predicted octanol–water partition coefficient (Wildman–Crippen LogP) is 2.63. The molecule has 0 spiro atoms. The van der Waals surface area contributed by atoms with E-state index in [1.54, 1.807) is 29.2 Å². The van der Waals surface area contributed by atoms with Gasteiger partial charge in [0.1, 0.15) is 11.8 Å². The third-order valence-corrected chi connectivity index (χ3v) is 10.1. The van der Waals surface area contributed by atoms with Gasteiger partial charge in [0, 0.05) is 43.7 Å². The summed E-state index contributed by atoms with van der Waals surface area (Å²) in [4.78, 5) is 59.5. The van der Waals surface area contributed by atoms with E-state index in [9.17, 15) is 19.2 Å². The predicted molar refractivity (Wildman–Crippen MR) is 151 cm³/mol. The van der Waals surface area contributed by atoms with E-state index in [2.05, 4.69) is 0 Å². The van der Waals surface area contributed by atoms with Gasteiger partial charge in [0.15, 0.2) is 0 Å². The molecule has 39 heavy (non-hydrogen) atoms. The third kappa shape index (κ3) is 4.48. The summed E-state index contributed by atoms with van der Waals surface area (Å²) in [6.07, 6.45) is 0. The van der Waals surface area contributed by atoms with Gasteiger partial charge in [-0.25, -0.2) is 4.90 Å². The topological polar surface area (TPSA) is 92.2 Å². The first-order valence-corrected chi connectivity index (χ1v) is 14.5. The Bertz CT molecular complexity index is 1480. The molecule has 1 aromatic heterocycles. The molecule has 0 aliphatic carbocycles. The molecule has 3 aliphatic heterocycles. The second-order valence-electron chi connectivity index (χ2n) is 9.99. The van der Waals surface area contributed by atoms with Crippen molar-refractivity contribution in [1.82, 2.24) is 9.47 Å². The molecule has 202 valence electrons. The van der Waals surface area contributed by atoms with Crippen LogP contribution in [0.25, 0.3) is 0 Å². The van der Waals surface area contributed by atoms with Crippen molar-refractivity contribution < 1.29 is 19.1 Å². The highest BCUT2D eigenvalue weighted by Gasteiger charge is 2.56. The normalized spacial score (nSPS) is 22.6. The van der Waals surface area contributed by atoms with Gasteiger partial charge in [0.25, 0.3) is 0 Å². The van der Waals surface area contributed by atoms with Crippen LogP contribution in [0.1, 0.15) is 16.4 Å². The number of amides is 3. The molecule has 2 aromatic carbocycles. The van der Waals surface area contributed by atoms with Crippen LogP contribution in [0.2, 0.25) is 0 Å². The number of fused-ring (bicyclic) bond motifs is 2. The molecule has 0 bridgehead atoms. The number of anilines is 2. The maximum absolute atomic E-state index is 13.9. The first kappa shape index (κ1) is 25.8. The number of para-hydroxylation sites is 1. The number of rotatable bonds is 5. The van der Waals surface area contributed by atoms with Crippen molar-refractivity contribution in [2.45, 2.75) is 22.7 Å². The van der Waals surface area contributed by atoms with Crippen LogP contribution in [0.3, 0.4) is 0 Å². The van der Waals surface area contributed by atoms with Crippen molar-refractivity contribution in [1.29, 1.82) is 0 Å². The Morgan fingerprint density at radius 1 is 0.974 bits per heavy atom. The summed E-state index contributed by atoms with van der Waals surface area (Å²) in [6.45, 7) is 1.80. The lowest BCUT2D eigenvalue weighted by Gasteiger charge is -2.31. The van der Waals surface area contributed by atoms with Gasteiger partial charge < -0.3 is 14.5 Å². The number of ether oxygens (including phenoxy) is 1. The molecule has 3 aliphatic rings. The van der Waals surface area contributed by atoms with Gasteiger partial charge in [-0.2, -0.15) is 0 Å². The Hall–Kier alpha value is -3.41. The second kappa shape index (κ2) is 10.3. The lowest BCUT2D eigenvalue weighted by molar-refractivity contribution is -0.136. The summed E-state index contributed by atoms with van der Waals surface area (Å²) >= 11 is 2.30. The number of nitrogens with zero attached hydrogens (tertiary/aromatic N) is 4. The van der Waals surface area contributed by atoms with Crippen LogP contribution in [0.4, 0.5) is 11.4 Å². The zero-order valence-corrected chi connectivity index (χ0v) is 23.2. The van der Waals surface area contributed by atoms with Crippen LogP contribution in [-0.4, -0.2) is 72.8 Å². The van der Waals surface area contributed by atoms with E-state index in [0.29, 0.717) is 37.0 Å². The molecule has 3 unspecified atom stereocenters. The van der Waals surface area contributed by atoms with Crippen LogP contribution in [-0.2, 0) is 25.7 Å². The van der Waals surface area contributed by atoms with Crippen molar-refractivity contribution in [2.24, 2.45) is 5.92 Å². The highest BCUT2D eigenvalue weighted by atomic mass is 32.2. The zero-order valence-electron chi connectivity index (χ0n) is 21.6. The minimum Gasteiger partial charge on any atom is -0.378 e. The fraction of sp³-hybridized carbons (Fsp3) is 0.357. The van der Waals surface area contributed by atoms with E-state index in [-0.39, 0.29) is 29.1 Å². The quantitative estimate of drug-likeness (QED) is 0.440. The number of morpholine rings is 1. The van der Waals surface area contributed by atoms with E-state index in [1.165, 1.54) is 21.2 Å².